The standard InChI is InChI=1S/C22H17/c1-3-8-19(9-4-1)14-16-21-12-7-13-22(18-21)17-15-20-10-5-2-6-11-20/h1-6,8-18H. The van der Waals surface area contributed by atoms with Gasteiger partial charge in [0.1, 0.15) is 0 Å². The zero-order chi connectivity index (χ0) is 15.0. The minimum atomic E-state index is 1.15. The van der Waals surface area contributed by atoms with Crippen molar-refractivity contribution in [3.63, 3.8) is 0 Å². The molecule has 1 radical (unpaired) electrons. The van der Waals surface area contributed by atoms with Gasteiger partial charge in [-0.2, -0.15) is 0 Å². The lowest BCUT2D eigenvalue weighted by molar-refractivity contribution is 1.60. The van der Waals surface area contributed by atoms with Crippen molar-refractivity contribution < 1.29 is 0 Å². The molecular formula is C22H17. The first-order chi connectivity index (χ1) is 10.9. The summed E-state index contributed by atoms with van der Waals surface area (Å²) in [6.45, 7) is 0. The highest BCUT2D eigenvalue weighted by atomic mass is 14.0. The van der Waals surface area contributed by atoms with Crippen LogP contribution in [0.15, 0.2) is 78.9 Å². The SMILES string of the molecule is [c]1cc(C=Cc2ccccc2)cc(C=Cc2ccccc2)c1. The van der Waals surface area contributed by atoms with Gasteiger partial charge in [0.05, 0.1) is 0 Å². The molecule has 0 saturated heterocycles. The third kappa shape index (κ3) is 4.07. The van der Waals surface area contributed by atoms with Gasteiger partial charge in [0.2, 0.25) is 0 Å². The van der Waals surface area contributed by atoms with E-state index in [1.807, 2.05) is 48.5 Å². The molecule has 3 aromatic rings. The third-order valence-corrected chi connectivity index (χ3v) is 3.37. The smallest absolute Gasteiger partial charge is 0.0172 e. The van der Waals surface area contributed by atoms with E-state index < -0.39 is 0 Å². The zero-order valence-corrected chi connectivity index (χ0v) is 12.3. The van der Waals surface area contributed by atoms with Crippen molar-refractivity contribution in [3.05, 3.63) is 107 Å². The van der Waals surface area contributed by atoms with Gasteiger partial charge in [0.15, 0.2) is 0 Å². The summed E-state index contributed by atoms with van der Waals surface area (Å²) in [6.07, 6.45) is 8.47. The molecule has 22 heavy (non-hydrogen) atoms. The van der Waals surface area contributed by atoms with Crippen LogP contribution in [0.3, 0.4) is 0 Å². The molecule has 0 aromatic heterocycles. The van der Waals surface area contributed by atoms with Crippen LogP contribution in [0.2, 0.25) is 0 Å². The van der Waals surface area contributed by atoms with Crippen molar-refractivity contribution in [1.29, 1.82) is 0 Å². The molecule has 3 rings (SSSR count). The fourth-order valence-corrected chi connectivity index (χ4v) is 2.22. The van der Waals surface area contributed by atoms with Gasteiger partial charge in [0.25, 0.3) is 0 Å². The average Bonchev–Trinajstić information content (AvgIpc) is 2.60. The van der Waals surface area contributed by atoms with E-state index >= 15 is 0 Å². The van der Waals surface area contributed by atoms with Gasteiger partial charge in [0, 0.05) is 0 Å². The van der Waals surface area contributed by atoms with Crippen LogP contribution in [0.25, 0.3) is 24.3 Å². The molecule has 0 atom stereocenters. The second-order valence-electron chi connectivity index (χ2n) is 5.09. The van der Waals surface area contributed by atoms with E-state index in [0.29, 0.717) is 0 Å². The molecule has 0 heteroatoms. The van der Waals surface area contributed by atoms with Crippen molar-refractivity contribution in [2.75, 3.05) is 0 Å². The van der Waals surface area contributed by atoms with E-state index in [1.165, 1.54) is 11.1 Å². The van der Waals surface area contributed by atoms with Crippen molar-refractivity contribution >= 4 is 24.3 Å². The molecule has 0 unspecified atom stereocenters. The molecule has 0 nitrogen and oxygen atoms in total. The van der Waals surface area contributed by atoms with E-state index in [1.54, 1.807) is 0 Å². The lowest BCUT2D eigenvalue weighted by Crippen LogP contribution is -1.77. The molecule has 0 fully saturated rings. The van der Waals surface area contributed by atoms with Crippen LogP contribution < -0.4 is 0 Å². The molecule has 0 heterocycles. The van der Waals surface area contributed by atoms with Crippen LogP contribution in [0, 0.1) is 6.07 Å². The first kappa shape index (κ1) is 14.1. The first-order valence-electron chi connectivity index (χ1n) is 7.37. The number of hydrogen-bond donors (Lipinski definition) is 0. The summed E-state index contributed by atoms with van der Waals surface area (Å²) in [6, 6.07) is 30.0. The Balaban J connectivity index is 1.75. The van der Waals surface area contributed by atoms with Crippen molar-refractivity contribution in [2.24, 2.45) is 0 Å². The lowest BCUT2D eigenvalue weighted by atomic mass is 10.1. The Bertz CT molecular complexity index is 701. The van der Waals surface area contributed by atoms with Crippen LogP contribution in [0.4, 0.5) is 0 Å². The van der Waals surface area contributed by atoms with Gasteiger partial charge < -0.3 is 0 Å². The van der Waals surface area contributed by atoms with Gasteiger partial charge in [-0.05, 0) is 46.5 Å². The molecule has 0 spiro atoms. The lowest BCUT2D eigenvalue weighted by Gasteiger charge is -1.98. The quantitative estimate of drug-likeness (QED) is 0.528. The molecule has 0 aliphatic carbocycles. The van der Waals surface area contributed by atoms with Gasteiger partial charge in [-0.1, -0.05) is 85.0 Å². The van der Waals surface area contributed by atoms with Crippen molar-refractivity contribution in [3.8, 4) is 0 Å². The highest BCUT2D eigenvalue weighted by Gasteiger charge is 1.91. The number of hydrogen-bond acceptors (Lipinski definition) is 0. The first-order valence-corrected chi connectivity index (χ1v) is 7.37. The summed E-state index contributed by atoms with van der Waals surface area (Å²) in [5.41, 5.74) is 4.71. The van der Waals surface area contributed by atoms with E-state index in [4.69, 9.17) is 0 Å². The highest BCUT2D eigenvalue weighted by Crippen LogP contribution is 2.13. The Labute approximate surface area is 132 Å². The minimum absolute atomic E-state index is 1.15. The number of benzene rings is 3. The molecular weight excluding hydrogens is 264 g/mol. The maximum Gasteiger partial charge on any atom is -0.0172 e. The molecule has 0 bridgehead atoms. The van der Waals surface area contributed by atoms with Crippen molar-refractivity contribution in [1.82, 2.24) is 0 Å². The van der Waals surface area contributed by atoms with Crippen LogP contribution in [0.5, 0.6) is 0 Å². The predicted octanol–water partition coefficient (Wildman–Crippen LogP) is 5.83. The monoisotopic (exact) mass is 281 g/mol. The zero-order valence-electron chi connectivity index (χ0n) is 12.3. The Hall–Kier alpha value is -2.86. The summed E-state index contributed by atoms with van der Waals surface area (Å²) in [4.78, 5) is 0. The maximum absolute atomic E-state index is 3.20. The van der Waals surface area contributed by atoms with E-state index in [9.17, 15) is 0 Å². The maximum atomic E-state index is 3.20. The normalized spacial score (nSPS) is 11.3. The van der Waals surface area contributed by atoms with Crippen LogP contribution in [-0.2, 0) is 0 Å². The van der Waals surface area contributed by atoms with Crippen LogP contribution in [0.1, 0.15) is 22.3 Å². The molecule has 105 valence electrons. The molecule has 0 saturated carbocycles. The van der Waals surface area contributed by atoms with Crippen LogP contribution in [-0.4, -0.2) is 0 Å². The summed E-state index contributed by atoms with van der Waals surface area (Å²) in [5, 5.41) is 0. The molecule has 0 aliphatic heterocycles. The van der Waals surface area contributed by atoms with E-state index in [2.05, 4.69) is 60.7 Å². The second-order valence-corrected chi connectivity index (χ2v) is 5.09. The molecule has 0 amide bonds. The Kier molecular flexibility index (Phi) is 4.63. The fourth-order valence-electron chi connectivity index (χ4n) is 2.22. The Morgan fingerprint density at radius 3 is 1.36 bits per heavy atom. The van der Waals surface area contributed by atoms with E-state index in [0.717, 1.165) is 11.1 Å². The van der Waals surface area contributed by atoms with Gasteiger partial charge in [-0.25, -0.2) is 0 Å². The minimum Gasteiger partial charge on any atom is -0.0622 e. The van der Waals surface area contributed by atoms with Gasteiger partial charge in [-0.3, -0.25) is 0 Å². The topological polar surface area (TPSA) is 0 Å². The Morgan fingerprint density at radius 1 is 0.500 bits per heavy atom. The highest BCUT2D eigenvalue weighted by molar-refractivity contribution is 5.74. The molecule has 0 N–H and O–H groups in total. The molecule has 0 aliphatic rings. The summed E-state index contributed by atoms with van der Waals surface area (Å²) in [7, 11) is 0. The predicted molar refractivity (Wildman–Crippen MR) is 96.0 cm³/mol. The summed E-state index contributed by atoms with van der Waals surface area (Å²) < 4.78 is 0. The average molecular weight is 281 g/mol. The summed E-state index contributed by atoms with van der Waals surface area (Å²) >= 11 is 0. The largest absolute Gasteiger partial charge is 0.0622 e. The fraction of sp³-hybridized carbons (Fsp3) is 0. The van der Waals surface area contributed by atoms with Gasteiger partial charge >= 0.3 is 0 Å². The Morgan fingerprint density at radius 2 is 0.909 bits per heavy atom. The van der Waals surface area contributed by atoms with Crippen molar-refractivity contribution in [2.45, 2.75) is 0 Å². The third-order valence-electron chi connectivity index (χ3n) is 3.37. The second kappa shape index (κ2) is 7.24. The van der Waals surface area contributed by atoms with Gasteiger partial charge in [-0.15, -0.1) is 0 Å². The number of rotatable bonds is 4. The molecule has 3 aromatic carbocycles. The summed E-state index contributed by atoms with van der Waals surface area (Å²) in [5.74, 6) is 0. The van der Waals surface area contributed by atoms with E-state index in [-0.39, 0.29) is 0 Å². The van der Waals surface area contributed by atoms with Crippen LogP contribution >= 0.6 is 0 Å².